The monoisotopic (exact) mass is 567 g/mol. The summed E-state index contributed by atoms with van der Waals surface area (Å²) in [4.78, 5) is 2.30. The Labute approximate surface area is 258 Å². The van der Waals surface area contributed by atoms with Gasteiger partial charge in [0.25, 0.3) is 0 Å². The van der Waals surface area contributed by atoms with Crippen LogP contribution in [0.1, 0.15) is 0 Å². The third kappa shape index (κ3) is 5.40. The molecule has 0 atom stereocenters. The Balaban J connectivity index is 1.38. The van der Waals surface area contributed by atoms with Gasteiger partial charge in [0.1, 0.15) is 0 Å². The van der Waals surface area contributed by atoms with Crippen LogP contribution in [-0.4, -0.2) is 17.2 Å². The van der Waals surface area contributed by atoms with E-state index in [2.05, 4.69) is 138 Å². The van der Waals surface area contributed by atoms with E-state index in [4.69, 9.17) is 0 Å². The smallest absolute Gasteiger partial charge is 0.423 e. The molecule has 0 saturated carbocycles. The molecule has 0 saturated heterocycles. The van der Waals surface area contributed by atoms with Crippen molar-refractivity contribution in [3.63, 3.8) is 0 Å². The number of para-hydroxylation sites is 1. The van der Waals surface area contributed by atoms with Crippen LogP contribution in [0.5, 0.6) is 0 Å². The number of rotatable bonds is 7. The summed E-state index contributed by atoms with van der Waals surface area (Å²) in [5.41, 5.74) is 10.2. The first-order valence-corrected chi connectivity index (χ1v) is 14.7. The molecule has 4 heteroatoms. The maximum Gasteiger partial charge on any atom is 0.488 e. The molecule has 0 spiro atoms. The fourth-order valence-electron chi connectivity index (χ4n) is 5.92. The van der Waals surface area contributed by atoms with Crippen LogP contribution < -0.4 is 10.4 Å². The van der Waals surface area contributed by atoms with E-state index in [1.54, 1.807) is 6.07 Å². The van der Waals surface area contributed by atoms with Crippen molar-refractivity contribution in [2.45, 2.75) is 0 Å². The summed E-state index contributed by atoms with van der Waals surface area (Å²) >= 11 is 0. The summed E-state index contributed by atoms with van der Waals surface area (Å²) in [7, 11) is -1.53. The Morgan fingerprint density at radius 1 is 0.409 bits per heavy atom. The van der Waals surface area contributed by atoms with Crippen LogP contribution in [0.15, 0.2) is 170 Å². The van der Waals surface area contributed by atoms with Crippen molar-refractivity contribution in [2.24, 2.45) is 0 Å². The topological polar surface area (TPSA) is 43.7 Å². The van der Waals surface area contributed by atoms with Crippen molar-refractivity contribution < 1.29 is 10.0 Å². The molecule has 44 heavy (non-hydrogen) atoms. The first-order chi connectivity index (χ1) is 21.7. The lowest BCUT2D eigenvalue weighted by Crippen LogP contribution is -2.29. The van der Waals surface area contributed by atoms with Crippen LogP contribution in [0.4, 0.5) is 17.1 Å². The lowest BCUT2D eigenvalue weighted by atomic mass is 9.79. The van der Waals surface area contributed by atoms with Gasteiger partial charge in [-0.1, -0.05) is 133 Å². The third-order valence-electron chi connectivity index (χ3n) is 8.06. The third-order valence-corrected chi connectivity index (χ3v) is 8.06. The van der Waals surface area contributed by atoms with Gasteiger partial charge in [0, 0.05) is 16.8 Å². The van der Waals surface area contributed by atoms with Gasteiger partial charge >= 0.3 is 7.12 Å². The number of fused-ring (bicyclic) bond motifs is 1. The summed E-state index contributed by atoms with van der Waals surface area (Å²) in [6, 6.07) is 58.4. The quantitative estimate of drug-likeness (QED) is 0.189. The van der Waals surface area contributed by atoms with Crippen LogP contribution >= 0.6 is 0 Å². The van der Waals surface area contributed by atoms with Crippen LogP contribution in [0, 0.1) is 0 Å². The molecule has 0 aliphatic rings. The molecule has 7 aromatic rings. The summed E-state index contributed by atoms with van der Waals surface area (Å²) < 4.78 is 0. The van der Waals surface area contributed by atoms with Crippen LogP contribution in [-0.2, 0) is 0 Å². The highest BCUT2D eigenvalue weighted by atomic mass is 16.4. The van der Waals surface area contributed by atoms with Gasteiger partial charge in [-0.2, -0.15) is 0 Å². The first-order valence-electron chi connectivity index (χ1n) is 14.7. The fourth-order valence-corrected chi connectivity index (χ4v) is 5.92. The first kappa shape index (κ1) is 27.4. The minimum atomic E-state index is -1.53. The van der Waals surface area contributed by atoms with Gasteiger partial charge in [-0.05, 0) is 80.6 Å². The second-order valence-electron chi connectivity index (χ2n) is 10.8. The normalized spacial score (nSPS) is 11.0. The standard InChI is InChI=1S/C40H30BNO2/c43-41(44)34-16-11-15-31(27-34)33-26-32-14-7-8-21-39(32)40(28-33)42(35-17-5-2-6-18-35)36-24-22-30(23-25-36)38-20-10-9-19-37(38)29-12-3-1-4-13-29/h1-28,43-44H. The van der Waals surface area contributed by atoms with Crippen LogP contribution in [0.25, 0.3) is 44.2 Å². The van der Waals surface area contributed by atoms with Crippen molar-refractivity contribution in [3.8, 4) is 33.4 Å². The molecule has 0 radical (unpaired) electrons. The van der Waals surface area contributed by atoms with Gasteiger partial charge in [0.05, 0.1) is 5.69 Å². The fraction of sp³-hybridized carbons (Fsp3) is 0. The molecule has 0 unspecified atom stereocenters. The van der Waals surface area contributed by atoms with Crippen LogP contribution in [0.3, 0.4) is 0 Å². The molecule has 0 fully saturated rings. The summed E-state index contributed by atoms with van der Waals surface area (Å²) in [5, 5.41) is 21.9. The predicted molar refractivity (Wildman–Crippen MR) is 185 cm³/mol. The van der Waals surface area contributed by atoms with E-state index < -0.39 is 7.12 Å². The van der Waals surface area contributed by atoms with Crippen molar-refractivity contribution in [1.29, 1.82) is 0 Å². The Kier molecular flexibility index (Phi) is 7.52. The molecule has 0 aliphatic carbocycles. The second kappa shape index (κ2) is 12.1. The van der Waals surface area contributed by atoms with Gasteiger partial charge in [0.15, 0.2) is 0 Å². The zero-order valence-corrected chi connectivity index (χ0v) is 24.1. The maximum absolute atomic E-state index is 9.84. The summed E-state index contributed by atoms with van der Waals surface area (Å²) in [5.74, 6) is 0. The van der Waals surface area contributed by atoms with Gasteiger partial charge in [-0.3, -0.25) is 0 Å². The minimum Gasteiger partial charge on any atom is -0.423 e. The summed E-state index contributed by atoms with van der Waals surface area (Å²) in [6.07, 6.45) is 0. The minimum absolute atomic E-state index is 0.462. The zero-order chi connectivity index (χ0) is 29.9. The Bertz CT molecular complexity index is 2040. The molecule has 0 bridgehead atoms. The summed E-state index contributed by atoms with van der Waals surface area (Å²) in [6.45, 7) is 0. The number of anilines is 3. The van der Waals surface area contributed by atoms with Crippen molar-refractivity contribution in [3.05, 3.63) is 170 Å². The van der Waals surface area contributed by atoms with E-state index in [-0.39, 0.29) is 0 Å². The molecular formula is C40H30BNO2. The average molecular weight is 567 g/mol. The number of hydrogen-bond donors (Lipinski definition) is 2. The lowest BCUT2D eigenvalue weighted by Gasteiger charge is -2.28. The highest BCUT2D eigenvalue weighted by Crippen LogP contribution is 2.42. The largest absolute Gasteiger partial charge is 0.488 e. The zero-order valence-electron chi connectivity index (χ0n) is 24.1. The Hall–Kier alpha value is -5.42. The van der Waals surface area contributed by atoms with Gasteiger partial charge < -0.3 is 14.9 Å². The highest BCUT2D eigenvalue weighted by Gasteiger charge is 2.18. The van der Waals surface area contributed by atoms with Gasteiger partial charge in [-0.25, -0.2) is 0 Å². The highest BCUT2D eigenvalue weighted by molar-refractivity contribution is 6.58. The molecule has 7 aromatic carbocycles. The Morgan fingerprint density at radius 2 is 0.977 bits per heavy atom. The second-order valence-corrected chi connectivity index (χ2v) is 10.8. The molecule has 0 amide bonds. The predicted octanol–water partition coefficient (Wildman–Crippen LogP) is 8.99. The van der Waals surface area contributed by atoms with E-state index >= 15 is 0 Å². The van der Waals surface area contributed by atoms with E-state index in [0.717, 1.165) is 44.5 Å². The maximum atomic E-state index is 9.84. The number of nitrogens with zero attached hydrogens (tertiary/aromatic N) is 1. The molecule has 3 nitrogen and oxygen atoms in total. The molecule has 0 heterocycles. The molecule has 210 valence electrons. The lowest BCUT2D eigenvalue weighted by molar-refractivity contribution is 0.426. The van der Waals surface area contributed by atoms with Crippen molar-refractivity contribution >= 4 is 40.4 Å². The van der Waals surface area contributed by atoms with E-state index in [0.29, 0.717) is 5.46 Å². The van der Waals surface area contributed by atoms with E-state index in [1.807, 2.05) is 30.3 Å². The molecule has 2 N–H and O–H groups in total. The Morgan fingerprint density at radius 3 is 1.68 bits per heavy atom. The number of hydrogen-bond acceptors (Lipinski definition) is 3. The van der Waals surface area contributed by atoms with Crippen molar-refractivity contribution in [1.82, 2.24) is 0 Å². The molecule has 0 aliphatic heterocycles. The molecular weight excluding hydrogens is 537 g/mol. The van der Waals surface area contributed by atoms with E-state index in [1.165, 1.54) is 16.7 Å². The number of benzene rings is 7. The van der Waals surface area contributed by atoms with Gasteiger partial charge in [0.2, 0.25) is 0 Å². The van der Waals surface area contributed by atoms with E-state index in [9.17, 15) is 10.0 Å². The van der Waals surface area contributed by atoms with Gasteiger partial charge in [-0.15, -0.1) is 0 Å². The van der Waals surface area contributed by atoms with Crippen LogP contribution in [0.2, 0.25) is 0 Å². The van der Waals surface area contributed by atoms with Crippen molar-refractivity contribution in [2.75, 3.05) is 4.90 Å². The SMILES string of the molecule is OB(O)c1cccc(-c2cc(N(c3ccccc3)c3ccc(-c4ccccc4-c4ccccc4)cc3)c3ccccc3c2)c1. The average Bonchev–Trinajstić information content (AvgIpc) is 3.09. The molecule has 0 aromatic heterocycles. The molecule has 7 rings (SSSR count).